The third kappa shape index (κ3) is 2.08. The van der Waals surface area contributed by atoms with Crippen LogP contribution in [0.3, 0.4) is 0 Å². The van der Waals surface area contributed by atoms with Gasteiger partial charge in [0.05, 0.1) is 12.7 Å². The van der Waals surface area contributed by atoms with Gasteiger partial charge in [-0.15, -0.1) is 0 Å². The fourth-order valence-corrected chi connectivity index (χ4v) is 3.62. The van der Waals surface area contributed by atoms with Crippen LogP contribution < -0.4 is 5.73 Å². The molecule has 0 amide bonds. The summed E-state index contributed by atoms with van der Waals surface area (Å²) in [6, 6.07) is 9.08. The molecule has 1 aromatic rings. The Kier molecular flexibility index (Phi) is 3.16. The molecule has 1 fully saturated rings. The zero-order valence-corrected chi connectivity index (χ0v) is 11.3. The fourth-order valence-electron chi connectivity index (χ4n) is 3.62. The van der Waals surface area contributed by atoms with Crippen LogP contribution >= 0.6 is 0 Å². The average Bonchev–Trinajstić information content (AvgIpc) is 3.10. The maximum atomic E-state index is 6.32. The highest BCUT2D eigenvalue weighted by molar-refractivity contribution is 5.39. The van der Waals surface area contributed by atoms with Gasteiger partial charge in [-0.1, -0.05) is 24.3 Å². The van der Waals surface area contributed by atoms with Gasteiger partial charge in [-0.05, 0) is 55.6 Å². The topological polar surface area (TPSA) is 35.2 Å². The standard InChI is InChI=1S/C16H23NO/c1-10(2)18-9-14(17)16-13-8-7-11-5-3-4-6-12(11)15(13)16/h3-6,10,13-16H,7-9,17H2,1-2H3. The van der Waals surface area contributed by atoms with Gasteiger partial charge in [-0.25, -0.2) is 0 Å². The van der Waals surface area contributed by atoms with Crippen LogP contribution in [0.4, 0.5) is 0 Å². The first-order chi connectivity index (χ1) is 8.68. The lowest BCUT2D eigenvalue weighted by Crippen LogP contribution is -2.31. The van der Waals surface area contributed by atoms with Gasteiger partial charge in [0.15, 0.2) is 0 Å². The number of fused-ring (bicyclic) bond motifs is 3. The predicted molar refractivity (Wildman–Crippen MR) is 73.5 cm³/mol. The molecule has 0 aliphatic heterocycles. The van der Waals surface area contributed by atoms with Crippen molar-refractivity contribution >= 4 is 0 Å². The Morgan fingerprint density at radius 3 is 2.89 bits per heavy atom. The molecule has 3 rings (SSSR count). The molecule has 0 aromatic heterocycles. The highest BCUT2D eigenvalue weighted by Crippen LogP contribution is 2.60. The van der Waals surface area contributed by atoms with E-state index in [2.05, 4.69) is 38.1 Å². The van der Waals surface area contributed by atoms with Crippen LogP contribution in [0.2, 0.25) is 0 Å². The van der Waals surface area contributed by atoms with Crippen molar-refractivity contribution in [1.29, 1.82) is 0 Å². The lowest BCUT2D eigenvalue weighted by Gasteiger charge is -2.14. The smallest absolute Gasteiger partial charge is 0.0624 e. The quantitative estimate of drug-likeness (QED) is 0.885. The molecule has 2 aliphatic rings. The highest BCUT2D eigenvalue weighted by atomic mass is 16.5. The van der Waals surface area contributed by atoms with Crippen LogP contribution in [0.25, 0.3) is 0 Å². The van der Waals surface area contributed by atoms with Crippen molar-refractivity contribution < 1.29 is 4.74 Å². The van der Waals surface area contributed by atoms with Gasteiger partial charge < -0.3 is 10.5 Å². The molecular formula is C16H23NO. The zero-order chi connectivity index (χ0) is 12.7. The number of rotatable bonds is 4. The van der Waals surface area contributed by atoms with Gasteiger partial charge in [0.2, 0.25) is 0 Å². The van der Waals surface area contributed by atoms with E-state index in [4.69, 9.17) is 10.5 Å². The van der Waals surface area contributed by atoms with Crippen molar-refractivity contribution in [2.24, 2.45) is 17.6 Å². The molecule has 0 bridgehead atoms. The largest absolute Gasteiger partial charge is 0.377 e. The summed E-state index contributed by atoms with van der Waals surface area (Å²) >= 11 is 0. The average molecular weight is 245 g/mol. The monoisotopic (exact) mass is 245 g/mol. The summed E-state index contributed by atoms with van der Waals surface area (Å²) in [5.74, 6) is 2.17. The molecule has 1 aromatic carbocycles. The molecule has 98 valence electrons. The van der Waals surface area contributed by atoms with Crippen LogP contribution in [0.5, 0.6) is 0 Å². The lowest BCUT2D eigenvalue weighted by molar-refractivity contribution is 0.0634. The van der Waals surface area contributed by atoms with Crippen molar-refractivity contribution in [3.8, 4) is 0 Å². The van der Waals surface area contributed by atoms with Crippen LogP contribution in [0.1, 0.15) is 37.3 Å². The van der Waals surface area contributed by atoms with E-state index >= 15 is 0 Å². The predicted octanol–water partition coefficient (Wildman–Crippen LogP) is 2.71. The molecule has 0 heterocycles. The SMILES string of the molecule is CC(C)OCC(N)C1C2CCc3ccccc3C21. The summed E-state index contributed by atoms with van der Waals surface area (Å²) < 4.78 is 5.67. The van der Waals surface area contributed by atoms with E-state index < -0.39 is 0 Å². The van der Waals surface area contributed by atoms with Crippen molar-refractivity contribution in [2.45, 2.75) is 44.8 Å². The van der Waals surface area contributed by atoms with Gasteiger partial charge in [0.25, 0.3) is 0 Å². The van der Waals surface area contributed by atoms with E-state index in [1.165, 1.54) is 12.8 Å². The van der Waals surface area contributed by atoms with E-state index in [9.17, 15) is 0 Å². The molecule has 2 aliphatic carbocycles. The molecular weight excluding hydrogens is 222 g/mol. The van der Waals surface area contributed by atoms with Gasteiger partial charge in [0.1, 0.15) is 0 Å². The Bertz CT molecular complexity index is 429. The first-order valence-electron chi connectivity index (χ1n) is 7.13. The molecule has 18 heavy (non-hydrogen) atoms. The zero-order valence-electron chi connectivity index (χ0n) is 11.3. The molecule has 4 unspecified atom stereocenters. The minimum absolute atomic E-state index is 0.202. The van der Waals surface area contributed by atoms with Gasteiger partial charge in [-0.3, -0.25) is 0 Å². The summed E-state index contributed by atoms with van der Waals surface area (Å²) in [6.07, 6.45) is 2.82. The Hall–Kier alpha value is -0.860. The van der Waals surface area contributed by atoms with Crippen LogP contribution in [0, 0.1) is 11.8 Å². The third-order valence-corrected chi connectivity index (χ3v) is 4.51. The molecule has 2 heteroatoms. The number of nitrogens with two attached hydrogens (primary N) is 1. The Labute approximate surface area is 110 Å². The molecule has 2 nitrogen and oxygen atoms in total. The third-order valence-electron chi connectivity index (χ3n) is 4.51. The molecule has 2 N–H and O–H groups in total. The molecule has 0 saturated heterocycles. The lowest BCUT2D eigenvalue weighted by atomic mass is 9.92. The first-order valence-corrected chi connectivity index (χ1v) is 7.13. The van der Waals surface area contributed by atoms with Crippen molar-refractivity contribution in [3.05, 3.63) is 35.4 Å². The summed E-state index contributed by atoms with van der Waals surface area (Å²) in [6.45, 7) is 4.85. The van der Waals surface area contributed by atoms with Crippen LogP contribution in [0.15, 0.2) is 24.3 Å². The molecule has 1 saturated carbocycles. The van der Waals surface area contributed by atoms with Crippen LogP contribution in [-0.2, 0) is 11.2 Å². The Morgan fingerprint density at radius 1 is 1.33 bits per heavy atom. The van der Waals surface area contributed by atoms with E-state index in [0.717, 1.165) is 5.92 Å². The van der Waals surface area contributed by atoms with Crippen molar-refractivity contribution in [3.63, 3.8) is 0 Å². The maximum absolute atomic E-state index is 6.32. The van der Waals surface area contributed by atoms with E-state index in [1.807, 2.05) is 0 Å². The first kappa shape index (κ1) is 12.2. The van der Waals surface area contributed by atoms with Crippen molar-refractivity contribution in [1.82, 2.24) is 0 Å². The van der Waals surface area contributed by atoms with Gasteiger partial charge >= 0.3 is 0 Å². The summed E-state index contributed by atoms with van der Waals surface area (Å²) in [7, 11) is 0. The number of hydrogen-bond acceptors (Lipinski definition) is 2. The van der Waals surface area contributed by atoms with E-state index in [-0.39, 0.29) is 12.1 Å². The Balaban J connectivity index is 1.69. The van der Waals surface area contributed by atoms with Crippen LogP contribution in [-0.4, -0.2) is 18.8 Å². The number of benzene rings is 1. The molecule has 0 spiro atoms. The second-order valence-electron chi connectivity index (χ2n) is 6.05. The molecule has 0 radical (unpaired) electrons. The fraction of sp³-hybridized carbons (Fsp3) is 0.625. The van der Waals surface area contributed by atoms with Crippen molar-refractivity contribution in [2.75, 3.05) is 6.61 Å². The van der Waals surface area contributed by atoms with Gasteiger partial charge in [-0.2, -0.15) is 0 Å². The minimum atomic E-state index is 0.202. The highest BCUT2D eigenvalue weighted by Gasteiger charge is 2.55. The number of hydrogen-bond donors (Lipinski definition) is 1. The van der Waals surface area contributed by atoms with E-state index in [0.29, 0.717) is 18.4 Å². The minimum Gasteiger partial charge on any atom is -0.377 e. The summed E-state index contributed by atoms with van der Waals surface area (Å²) in [4.78, 5) is 0. The molecule has 4 atom stereocenters. The second-order valence-corrected chi connectivity index (χ2v) is 6.05. The normalized spacial score (nSPS) is 30.8. The van der Waals surface area contributed by atoms with Gasteiger partial charge in [0, 0.05) is 6.04 Å². The number of ether oxygens (including phenoxy) is 1. The second kappa shape index (κ2) is 4.67. The number of aryl methyl sites for hydroxylation is 1. The summed E-state index contributed by atoms with van der Waals surface area (Å²) in [5.41, 5.74) is 9.41. The maximum Gasteiger partial charge on any atom is 0.0624 e. The Morgan fingerprint density at radius 2 is 2.11 bits per heavy atom. The summed E-state index contributed by atoms with van der Waals surface area (Å²) in [5, 5.41) is 0. The van der Waals surface area contributed by atoms with E-state index in [1.54, 1.807) is 11.1 Å².